The Morgan fingerprint density at radius 2 is 2.29 bits per heavy atom. The first-order valence-electron chi connectivity index (χ1n) is 6.20. The van der Waals surface area contributed by atoms with Crippen LogP contribution in [0.4, 0.5) is 0 Å². The van der Waals surface area contributed by atoms with Gasteiger partial charge in [0, 0.05) is 26.2 Å². The highest BCUT2D eigenvalue weighted by atomic mass is 16.5. The molecule has 1 heterocycles. The molecule has 1 atom stereocenters. The molecule has 0 aromatic carbocycles. The number of hydrogen-bond donors (Lipinski definition) is 2. The summed E-state index contributed by atoms with van der Waals surface area (Å²) >= 11 is 0. The van der Waals surface area contributed by atoms with Gasteiger partial charge in [0.1, 0.15) is 5.60 Å². The molecule has 1 amide bonds. The lowest BCUT2D eigenvalue weighted by atomic mass is 10.1. The average molecular weight is 244 g/mol. The lowest BCUT2D eigenvalue weighted by molar-refractivity contribution is -0.151. The van der Waals surface area contributed by atoms with Gasteiger partial charge in [-0.3, -0.25) is 4.79 Å². The normalized spacial score (nSPS) is 20.6. The number of methoxy groups -OCH3 is 1. The molecule has 0 aromatic rings. The second kappa shape index (κ2) is 6.33. The van der Waals surface area contributed by atoms with Gasteiger partial charge in [-0.15, -0.1) is 0 Å². The van der Waals surface area contributed by atoms with Crippen molar-refractivity contribution >= 4 is 5.91 Å². The predicted molar refractivity (Wildman–Crippen MR) is 65.8 cm³/mol. The zero-order chi connectivity index (χ0) is 12.9. The summed E-state index contributed by atoms with van der Waals surface area (Å²) in [6.07, 6.45) is 2.24. The van der Waals surface area contributed by atoms with Crippen LogP contribution in [0.1, 0.15) is 26.7 Å². The second-order valence-corrected chi connectivity index (χ2v) is 4.98. The van der Waals surface area contributed by atoms with Crippen LogP contribution in [-0.2, 0) is 9.53 Å². The zero-order valence-electron chi connectivity index (χ0n) is 11.0. The van der Waals surface area contributed by atoms with Crippen molar-refractivity contribution in [1.82, 2.24) is 10.2 Å². The van der Waals surface area contributed by atoms with Gasteiger partial charge in [0.15, 0.2) is 0 Å². The number of nitrogens with zero attached hydrogens (tertiary/aromatic N) is 1. The molecule has 5 heteroatoms. The fraction of sp³-hybridized carbons (Fsp3) is 0.917. The molecule has 2 N–H and O–H groups in total. The van der Waals surface area contributed by atoms with Crippen LogP contribution in [0.5, 0.6) is 0 Å². The molecule has 0 saturated carbocycles. The molecular weight excluding hydrogens is 220 g/mol. The standard InChI is InChI=1S/C12H24N2O3/c1-12(2,17-3)11(16)14(7-8-15)9-10-5-4-6-13-10/h10,13,15H,4-9H2,1-3H3. The van der Waals surface area contributed by atoms with Crippen LogP contribution in [0.2, 0.25) is 0 Å². The van der Waals surface area contributed by atoms with Crippen molar-refractivity contribution in [3.8, 4) is 0 Å². The fourth-order valence-electron chi connectivity index (χ4n) is 2.04. The summed E-state index contributed by atoms with van der Waals surface area (Å²) in [4.78, 5) is 13.9. The minimum atomic E-state index is -0.826. The number of aliphatic hydroxyl groups excluding tert-OH is 1. The highest BCUT2D eigenvalue weighted by Gasteiger charge is 2.33. The van der Waals surface area contributed by atoms with Gasteiger partial charge in [-0.25, -0.2) is 0 Å². The molecule has 0 aromatic heterocycles. The molecular formula is C12H24N2O3. The van der Waals surface area contributed by atoms with Gasteiger partial charge >= 0.3 is 0 Å². The summed E-state index contributed by atoms with van der Waals surface area (Å²) in [5.41, 5.74) is -0.826. The highest BCUT2D eigenvalue weighted by Crippen LogP contribution is 2.14. The molecule has 100 valence electrons. The Bertz CT molecular complexity index is 250. The van der Waals surface area contributed by atoms with E-state index in [9.17, 15) is 4.79 Å². The van der Waals surface area contributed by atoms with Crippen molar-refractivity contribution < 1.29 is 14.6 Å². The van der Waals surface area contributed by atoms with Gasteiger partial charge in [-0.1, -0.05) is 0 Å². The Balaban J connectivity index is 2.60. The number of rotatable bonds is 6. The van der Waals surface area contributed by atoms with Crippen LogP contribution in [0.3, 0.4) is 0 Å². The molecule has 0 aliphatic carbocycles. The van der Waals surface area contributed by atoms with Gasteiger partial charge in [0.2, 0.25) is 0 Å². The first kappa shape index (κ1) is 14.4. The minimum Gasteiger partial charge on any atom is -0.395 e. The van der Waals surface area contributed by atoms with Gasteiger partial charge in [0.05, 0.1) is 6.61 Å². The van der Waals surface area contributed by atoms with E-state index in [0.29, 0.717) is 19.1 Å². The molecule has 0 bridgehead atoms. The van der Waals surface area contributed by atoms with E-state index in [1.165, 1.54) is 7.11 Å². The number of aliphatic hydroxyl groups is 1. The number of hydrogen-bond acceptors (Lipinski definition) is 4. The quantitative estimate of drug-likeness (QED) is 0.689. The number of carbonyl (C=O) groups is 1. The van der Waals surface area contributed by atoms with E-state index in [0.717, 1.165) is 19.4 Å². The summed E-state index contributed by atoms with van der Waals surface area (Å²) in [6.45, 7) is 5.51. The third-order valence-electron chi connectivity index (χ3n) is 3.29. The lowest BCUT2D eigenvalue weighted by Crippen LogP contribution is -2.51. The highest BCUT2D eigenvalue weighted by molar-refractivity contribution is 5.84. The van der Waals surface area contributed by atoms with E-state index < -0.39 is 5.60 Å². The van der Waals surface area contributed by atoms with Crippen molar-refractivity contribution in [3.05, 3.63) is 0 Å². The van der Waals surface area contributed by atoms with Crippen LogP contribution in [0.15, 0.2) is 0 Å². The molecule has 1 saturated heterocycles. The van der Waals surface area contributed by atoms with E-state index in [2.05, 4.69) is 5.32 Å². The van der Waals surface area contributed by atoms with E-state index in [1.54, 1.807) is 18.7 Å². The third kappa shape index (κ3) is 3.94. The van der Waals surface area contributed by atoms with Crippen molar-refractivity contribution in [3.63, 3.8) is 0 Å². The molecule has 17 heavy (non-hydrogen) atoms. The maximum atomic E-state index is 12.2. The summed E-state index contributed by atoms with van der Waals surface area (Å²) in [5, 5.41) is 12.4. The van der Waals surface area contributed by atoms with Crippen LogP contribution in [0, 0.1) is 0 Å². The first-order chi connectivity index (χ1) is 8.01. The third-order valence-corrected chi connectivity index (χ3v) is 3.29. The first-order valence-corrected chi connectivity index (χ1v) is 6.20. The summed E-state index contributed by atoms with van der Waals surface area (Å²) in [7, 11) is 1.53. The molecule has 0 radical (unpaired) electrons. The number of amides is 1. The number of carbonyl (C=O) groups excluding carboxylic acids is 1. The molecule has 1 aliphatic rings. The lowest BCUT2D eigenvalue weighted by Gasteiger charge is -2.32. The molecule has 5 nitrogen and oxygen atoms in total. The van der Waals surface area contributed by atoms with Crippen LogP contribution < -0.4 is 5.32 Å². The van der Waals surface area contributed by atoms with E-state index in [4.69, 9.17) is 9.84 Å². The maximum Gasteiger partial charge on any atom is 0.254 e. The smallest absolute Gasteiger partial charge is 0.254 e. The Morgan fingerprint density at radius 3 is 2.76 bits per heavy atom. The van der Waals surface area contributed by atoms with Crippen molar-refractivity contribution in [2.45, 2.75) is 38.3 Å². The van der Waals surface area contributed by atoms with Crippen LogP contribution >= 0.6 is 0 Å². The summed E-state index contributed by atoms with van der Waals surface area (Å²) in [6, 6.07) is 0.346. The fourth-order valence-corrected chi connectivity index (χ4v) is 2.04. The largest absolute Gasteiger partial charge is 0.395 e. The maximum absolute atomic E-state index is 12.2. The van der Waals surface area contributed by atoms with Crippen LogP contribution in [-0.4, -0.2) is 60.9 Å². The van der Waals surface area contributed by atoms with Crippen LogP contribution in [0.25, 0.3) is 0 Å². The molecule has 1 unspecified atom stereocenters. The monoisotopic (exact) mass is 244 g/mol. The Kier molecular flexibility index (Phi) is 5.36. The Labute approximate surface area is 103 Å². The van der Waals surface area contributed by atoms with Crippen molar-refractivity contribution in [1.29, 1.82) is 0 Å². The SMILES string of the molecule is COC(C)(C)C(=O)N(CCO)CC1CCCN1. The molecule has 1 fully saturated rings. The number of nitrogens with one attached hydrogen (secondary N) is 1. The topological polar surface area (TPSA) is 61.8 Å². The second-order valence-electron chi connectivity index (χ2n) is 4.98. The predicted octanol–water partition coefficient (Wildman–Crippen LogP) is -0.0157. The van der Waals surface area contributed by atoms with E-state index >= 15 is 0 Å². The van der Waals surface area contributed by atoms with E-state index in [-0.39, 0.29) is 12.5 Å². The minimum absolute atomic E-state index is 0.0156. The Hall–Kier alpha value is -0.650. The summed E-state index contributed by atoms with van der Waals surface area (Å²) < 4.78 is 5.20. The molecule has 1 aliphatic heterocycles. The van der Waals surface area contributed by atoms with Crippen molar-refractivity contribution in [2.75, 3.05) is 33.4 Å². The van der Waals surface area contributed by atoms with E-state index in [1.807, 2.05) is 0 Å². The molecule has 1 rings (SSSR count). The zero-order valence-corrected chi connectivity index (χ0v) is 11.0. The molecule has 0 spiro atoms. The van der Waals surface area contributed by atoms with Gasteiger partial charge in [0.25, 0.3) is 5.91 Å². The summed E-state index contributed by atoms with van der Waals surface area (Å²) in [5.74, 6) is -0.0669. The van der Waals surface area contributed by atoms with Gasteiger partial charge < -0.3 is 20.1 Å². The van der Waals surface area contributed by atoms with Gasteiger partial charge in [-0.05, 0) is 33.2 Å². The van der Waals surface area contributed by atoms with Crippen molar-refractivity contribution in [2.24, 2.45) is 0 Å². The average Bonchev–Trinajstić information content (AvgIpc) is 2.80. The number of ether oxygens (including phenoxy) is 1. The van der Waals surface area contributed by atoms with Gasteiger partial charge in [-0.2, -0.15) is 0 Å². The Morgan fingerprint density at radius 1 is 1.59 bits per heavy atom.